The molecule has 0 atom stereocenters. The van der Waals surface area contributed by atoms with Crippen molar-refractivity contribution < 1.29 is 4.79 Å². The number of aryl methyl sites for hydroxylation is 1. The number of benzene rings is 1. The van der Waals surface area contributed by atoms with Gasteiger partial charge >= 0.3 is 0 Å². The van der Waals surface area contributed by atoms with E-state index >= 15 is 0 Å². The molecule has 106 valence electrons. The van der Waals surface area contributed by atoms with Crippen molar-refractivity contribution in [3.05, 3.63) is 51.7 Å². The number of nitrogens with zero attached hydrogens (tertiary/aromatic N) is 1. The molecule has 0 radical (unpaired) electrons. The van der Waals surface area contributed by atoms with Crippen LogP contribution in [-0.2, 0) is 6.54 Å². The van der Waals surface area contributed by atoms with Crippen LogP contribution in [-0.4, -0.2) is 16.8 Å². The van der Waals surface area contributed by atoms with Crippen molar-refractivity contribution in [2.45, 2.75) is 33.4 Å². The van der Waals surface area contributed by atoms with E-state index in [-0.39, 0.29) is 11.9 Å². The third kappa shape index (κ3) is 3.39. The third-order valence-corrected chi connectivity index (χ3v) is 4.13. The van der Waals surface area contributed by atoms with Gasteiger partial charge in [0.1, 0.15) is 0 Å². The van der Waals surface area contributed by atoms with E-state index in [4.69, 9.17) is 5.73 Å². The minimum Gasteiger partial charge on any atom is -0.399 e. The lowest BCUT2D eigenvalue weighted by Gasteiger charge is -2.26. The normalized spacial score (nSPS) is 10.8. The smallest absolute Gasteiger partial charge is 0.254 e. The van der Waals surface area contributed by atoms with Crippen LogP contribution in [0.25, 0.3) is 0 Å². The molecule has 2 rings (SSSR count). The summed E-state index contributed by atoms with van der Waals surface area (Å²) in [6.07, 6.45) is 0. The maximum atomic E-state index is 12.6. The number of anilines is 1. The maximum Gasteiger partial charge on any atom is 0.254 e. The molecule has 0 unspecified atom stereocenters. The Balaban J connectivity index is 2.22. The van der Waals surface area contributed by atoms with Gasteiger partial charge in [0, 0.05) is 27.0 Å². The molecule has 4 heteroatoms. The van der Waals surface area contributed by atoms with E-state index in [0.717, 1.165) is 0 Å². The van der Waals surface area contributed by atoms with Crippen LogP contribution in [0.5, 0.6) is 0 Å². The molecule has 0 aliphatic carbocycles. The molecule has 2 aromatic rings. The quantitative estimate of drug-likeness (QED) is 0.872. The van der Waals surface area contributed by atoms with Crippen LogP contribution in [0, 0.1) is 6.92 Å². The summed E-state index contributed by atoms with van der Waals surface area (Å²) >= 11 is 1.73. The first-order valence-corrected chi connectivity index (χ1v) is 7.51. The van der Waals surface area contributed by atoms with Crippen LogP contribution >= 0.6 is 11.3 Å². The van der Waals surface area contributed by atoms with E-state index in [1.807, 2.05) is 30.9 Å². The molecule has 0 aliphatic rings. The molecular weight excluding hydrogens is 268 g/mol. The molecule has 0 saturated heterocycles. The molecule has 3 nitrogen and oxygen atoms in total. The van der Waals surface area contributed by atoms with E-state index < -0.39 is 0 Å². The molecule has 1 aromatic heterocycles. The van der Waals surface area contributed by atoms with Crippen LogP contribution < -0.4 is 5.73 Å². The molecule has 0 bridgehead atoms. The number of hydrogen-bond acceptors (Lipinski definition) is 3. The number of amides is 1. The van der Waals surface area contributed by atoms with Gasteiger partial charge in [0.25, 0.3) is 5.91 Å². The Labute approximate surface area is 124 Å². The first kappa shape index (κ1) is 14.6. The van der Waals surface area contributed by atoms with Crippen molar-refractivity contribution in [1.82, 2.24) is 4.90 Å². The summed E-state index contributed by atoms with van der Waals surface area (Å²) in [4.78, 5) is 17.0. The second-order valence-electron chi connectivity index (χ2n) is 5.16. The van der Waals surface area contributed by atoms with E-state index in [2.05, 4.69) is 19.1 Å². The number of rotatable bonds is 4. The molecule has 0 saturated carbocycles. The highest BCUT2D eigenvalue weighted by molar-refractivity contribution is 7.11. The monoisotopic (exact) mass is 288 g/mol. The zero-order valence-corrected chi connectivity index (χ0v) is 12.9. The van der Waals surface area contributed by atoms with Crippen molar-refractivity contribution >= 4 is 22.9 Å². The van der Waals surface area contributed by atoms with Crippen molar-refractivity contribution in [2.24, 2.45) is 0 Å². The number of nitrogens with two attached hydrogens (primary N) is 1. The number of nitrogen functional groups attached to an aromatic ring is 1. The Morgan fingerprint density at radius 3 is 2.60 bits per heavy atom. The van der Waals surface area contributed by atoms with Gasteiger partial charge in [-0.05, 0) is 51.1 Å². The van der Waals surface area contributed by atoms with Gasteiger partial charge in [-0.25, -0.2) is 0 Å². The van der Waals surface area contributed by atoms with Crippen molar-refractivity contribution in [3.8, 4) is 0 Å². The van der Waals surface area contributed by atoms with Gasteiger partial charge in [-0.1, -0.05) is 6.07 Å². The molecule has 1 heterocycles. The largest absolute Gasteiger partial charge is 0.399 e. The summed E-state index contributed by atoms with van der Waals surface area (Å²) in [6.45, 7) is 6.78. The molecule has 0 spiro atoms. The molecule has 20 heavy (non-hydrogen) atoms. The lowest BCUT2D eigenvalue weighted by atomic mass is 10.1. The Morgan fingerprint density at radius 2 is 2.05 bits per heavy atom. The van der Waals surface area contributed by atoms with Gasteiger partial charge in [0.05, 0.1) is 6.54 Å². The van der Waals surface area contributed by atoms with E-state index in [0.29, 0.717) is 17.8 Å². The van der Waals surface area contributed by atoms with Gasteiger partial charge in [0.15, 0.2) is 0 Å². The lowest BCUT2D eigenvalue weighted by Crippen LogP contribution is -2.36. The standard InChI is InChI=1S/C16H20N2OS/c1-11(2)18(10-15-8-7-12(3)20-15)16(19)13-5-4-6-14(17)9-13/h4-9,11H,10,17H2,1-3H3. The Bertz CT molecular complexity index is 604. The predicted molar refractivity (Wildman–Crippen MR) is 84.9 cm³/mol. The molecule has 1 amide bonds. The van der Waals surface area contributed by atoms with Crippen molar-refractivity contribution in [3.63, 3.8) is 0 Å². The van der Waals surface area contributed by atoms with Crippen LogP contribution in [0.4, 0.5) is 5.69 Å². The minimum absolute atomic E-state index is 0.0263. The average Bonchev–Trinajstić information content (AvgIpc) is 2.80. The SMILES string of the molecule is Cc1ccc(CN(C(=O)c2cccc(N)c2)C(C)C)s1. The fourth-order valence-corrected chi connectivity index (χ4v) is 2.95. The molecule has 1 aromatic carbocycles. The third-order valence-electron chi connectivity index (χ3n) is 3.14. The summed E-state index contributed by atoms with van der Waals surface area (Å²) in [5.74, 6) is 0.0263. The fraction of sp³-hybridized carbons (Fsp3) is 0.312. The summed E-state index contributed by atoms with van der Waals surface area (Å²) in [5.41, 5.74) is 7.02. The predicted octanol–water partition coefficient (Wildman–Crippen LogP) is 3.69. The second kappa shape index (κ2) is 6.09. The Morgan fingerprint density at radius 1 is 1.30 bits per heavy atom. The minimum atomic E-state index is 0.0263. The lowest BCUT2D eigenvalue weighted by molar-refractivity contribution is 0.0692. The summed E-state index contributed by atoms with van der Waals surface area (Å²) in [7, 11) is 0. The van der Waals surface area contributed by atoms with Gasteiger partial charge in [-0.15, -0.1) is 11.3 Å². The highest BCUT2D eigenvalue weighted by atomic mass is 32.1. The Kier molecular flexibility index (Phi) is 4.45. The highest BCUT2D eigenvalue weighted by Crippen LogP contribution is 2.20. The molecule has 0 aliphatic heterocycles. The summed E-state index contributed by atoms with van der Waals surface area (Å²) in [6, 6.07) is 11.5. The van der Waals surface area contributed by atoms with Crippen LogP contribution in [0.3, 0.4) is 0 Å². The first-order chi connectivity index (χ1) is 9.47. The van der Waals surface area contributed by atoms with Crippen LogP contribution in [0.15, 0.2) is 36.4 Å². The number of thiophene rings is 1. The maximum absolute atomic E-state index is 12.6. The molecular formula is C16H20N2OS. The number of carbonyl (C=O) groups is 1. The molecule has 0 fully saturated rings. The van der Waals surface area contributed by atoms with Gasteiger partial charge in [-0.3, -0.25) is 4.79 Å². The van der Waals surface area contributed by atoms with Crippen molar-refractivity contribution in [1.29, 1.82) is 0 Å². The fourth-order valence-electron chi connectivity index (χ4n) is 2.06. The summed E-state index contributed by atoms with van der Waals surface area (Å²) < 4.78 is 0. The second-order valence-corrected chi connectivity index (χ2v) is 6.54. The van der Waals surface area contributed by atoms with E-state index in [1.165, 1.54) is 9.75 Å². The zero-order chi connectivity index (χ0) is 14.7. The van der Waals surface area contributed by atoms with Crippen molar-refractivity contribution in [2.75, 3.05) is 5.73 Å². The number of carbonyl (C=O) groups excluding carboxylic acids is 1. The average molecular weight is 288 g/mol. The summed E-state index contributed by atoms with van der Waals surface area (Å²) in [5, 5.41) is 0. The van der Waals surface area contributed by atoms with E-state index in [1.54, 1.807) is 23.5 Å². The first-order valence-electron chi connectivity index (χ1n) is 6.69. The zero-order valence-electron chi connectivity index (χ0n) is 12.1. The topological polar surface area (TPSA) is 46.3 Å². The number of hydrogen-bond donors (Lipinski definition) is 1. The van der Waals surface area contributed by atoms with Crippen LogP contribution in [0.2, 0.25) is 0 Å². The highest BCUT2D eigenvalue weighted by Gasteiger charge is 2.19. The van der Waals surface area contributed by atoms with Gasteiger partial charge in [-0.2, -0.15) is 0 Å². The molecule has 2 N–H and O–H groups in total. The van der Waals surface area contributed by atoms with E-state index in [9.17, 15) is 4.79 Å². The Hall–Kier alpha value is -1.81. The van der Waals surface area contributed by atoms with Gasteiger partial charge in [0.2, 0.25) is 0 Å². The van der Waals surface area contributed by atoms with Gasteiger partial charge < -0.3 is 10.6 Å². The van der Waals surface area contributed by atoms with Crippen LogP contribution in [0.1, 0.15) is 34.0 Å².